The van der Waals surface area contributed by atoms with Gasteiger partial charge < -0.3 is 19.7 Å². The molecule has 0 bridgehead atoms. The van der Waals surface area contributed by atoms with E-state index in [0.717, 1.165) is 16.8 Å². The highest BCUT2D eigenvalue weighted by Crippen LogP contribution is 2.34. The molecule has 1 saturated heterocycles. The van der Waals surface area contributed by atoms with Gasteiger partial charge in [-0.3, -0.25) is 14.5 Å². The number of aryl methyl sites for hydroxylation is 2. The smallest absolute Gasteiger partial charge is 0.257 e. The number of nitrogens with zero attached hydrogens (tertiary/aromatic N) is 2. The highest BCUT2D eigenvalue weighted by Gasteiger charge is 2.27. The molecule has 1 aliphatic heterocycles. The summed E-state index contributed by atoms with van der Waals surface area (Å²) in [5, 5.41) is 3.02. The van der Waals surface area contributed by atoms with Crippen molar-refractivity contribution in [3.8, 4) is 11.5 Å². The Labute approximate surface area is 191 Å². The average molecular weight is 490 g/mol. The standard InChI is InChI=1S/C23H28BrN3O4/c1-15-6-5-7-16(2)21(15)25-20(28)14-26-8-10-27(11-9-26)23(29)18-12-17(30-3)13-19(24)22(18)31-4/h5-7,12-13H,8-11,14H2,1-4H3,(H,25,28). The number of benzene rings is 2. The van der Waals surface area contributed by atoms with Gasteiger partial charge in [0, 0.05) is 31.9 Å². The molecule has 1 N–H and O–H groups in total. The van der Waals surface area contributed by atoms with Gasteiger partial charge in [0.25, 0.3) is 5.91 Å². The Morgan fingerprint density at radius 3 is 2.26 bits per heavy atom. The molecule has 31 heavy (non-hydrogen) atoms. The fourth-order valence-electron chi connectivity index (χ4n) is 3.73. The van der Waals surface area contributed by atoms with E-state index in [0.29, 0.717) is 54.3 Å². The first kappa shape index (κ1) is 23.1. The quantitative estimate of drug-likeness (QED) is 0.672. The molecular weight excluding hydrogens is 462 g/mol. The van der Waals surface area contributed by atoms with Gasteiger partial charge in [0.1, 0.15) is 11.5 Å². The fourth-order valence-corrected chi connectivity index (χ4v) is 4.33. The molecule has 0 aliphatic carbocycles. The first-order valence-electron chi connectivity index (χ1n) is 10.1. The number of rotatable bonds is 6. The largest absolute Gasteiger partial charge is 0.497 e. The van der Waals surface area contributed by atoms with Crippen molar-refractivity contribution < 1.29 is 19.1 Å². The molecule has 8 heteroatoms. The second-order valence-electron chi connectivity index (χ2n) is 7.57. The van der Waals surface area contributed by atoms with E-state index in [1.54, 1.807) is 24.1 Å². The summed E-state index contributed by atoms with van der Waals surface area (Å²) in [6, 6.07) is 9.40. The minimum Gasteiger partial charge on any atom is -0.497 e. The van der Waals surface area contributed by atoms with Crippen LogP contribution in [0.3, 0.4) is 0 Å². The topological polar surface area (TPSA) is 71.1 Å². The van der Waals surface area contributed by atoms with Crippen molar-refractivity contribution in [1.82, 2.24) is 9.80 Å². The zero-order valence-corrected chi connectivity index (χ0v) is 19.9. The Balaban J connectivity index is 1.60. The number of piperazine rings is 1. The Hall–Kier alpha value is -2.58. The minimum absolute atomic E-state index is 0.0458. The summed E-state index contributed by atoms with van der Waals surface area (Å²) in [5.41, 5.74) is 3.41. The normalized spacial score (nSPS) is 14.3. The second-order valence-corrected chi connectivity index (χ2v) is 8.43. The molecule has 0 aromatic heterocycles. The number of carbonyl (C=O) groups is 2. The summed E-state index contributed by atoms with van der Waals surface area (Å²) in [4.78, 5) is 29.5. The molecule has 1 heterocycles. The van der Waals surface area contributed by atoms with E-state index in [2.05, 4.69) is 26.1 Å². The van der Waals surface area contributed by atoms with Gasteiger partial charge in [-0.15, -0.1) is 0 Å². The lowest BCUT2D eigenvalue weighted by atomic mass is 10.1. The van der Waals surface area contributed by atoms with E-state index >= 15 is 0 Å². The van der Waals surface area contributed by atoms with Crippen molar-refractivity contribution in [3.05, 3.63) is 51.5 Å². The summed E-state index contributed by atoms with van der Waals surface area (Å²) >= 11 is 3.44. The number of methoxy groups -OCH3 is 2. The van der Waals surface area contributed by atoms with Gasteiger partial charge >= 0.3 is 0 Å². The SMILES string of the molecule is COc1cc(Br)c(OC)c(C(=O)N2CCN(CC(=O)Nc3c(C)cccc3C)CC2)c1. The minimum atomic E-state index is -0.115. The van der Waals surface area contributed by atoms with Crippen LogP contribution in [0.2, 0.25) is 0 Å². The highest BCUT2D eigenvalue weighted by molar-refractivity contribution is 9.10. The number of hydrogen-bond acceptors (Lipinski definition) is 5. The summed E-state index contributed by atoms with van der Waals surface area (Å²) in [5.74, 6) is 0.908. The van der Waals surface area contributed by atoms with E-state index in [1.807, 2.05) is 32.0 Å². The van der Waals surface area contributed by atoms with E-state index in [-0.39, 0.29) is 11.8 Å². The van der Waals surface area contributed by atoms with E-state index in [4.69, 9.17) is 9.47 Å². The van der Waals surface area contributed by atoms with Crippen molar-refractivity contribution in [3.63, 3.8) is 0 Å². The van der Waals surface area contributed by atoms with E-state index in [1.165, 1.54) is 7.11 Å². The van der Waals surface area contributed by atoms with Crippen LogP contribution in [0.5, 0.6) is 11.5 Å². The summed E-state index contributed by atoms with van der Waals surface area (Å²) in [6.07, 6.45) is 0. The number of ether oxygens (including phenoxy) is 2. The Bertz CT molecular complexity index is 951. The molecule has 0 radical (unpaired) electrons. The molecule has 7 nitrogen and oxygen atoms in total. The molecule has 1 fully saturated rings. The van der Waals surface area contributed by atoms with Crippen LogP contribution in [0.4, 0.5) is 5.69 Å². The summed E-state index contributed by atoms with van der Waals surface area (Å²) in [7, 11) is 3.10. The van der Waals surface area contributed by atoms with Crippen molar-refractivity contribution in [2.75, 3.05) is 52.3 Å². The van der Waals surface area contributed by atoms with E-state index < -0.39 is 0 Å². The van der Waals surface area contributed by atoms with Crippen LogP contribution in [0.25, 0.3) is 0 Å². The lowest BCUT2D eigenvalue weighted by molar-refractivity contribution is -0.117. The van der Waals surface area contributed by atoms with Crippen LogP contribution in [0, 0.1) is 13.8 Å². The lowest BCUT2D eigenvalue weighted by Gasteiger charge is -2.34. The van der Waals surface area contributed by atoms with Gasteiger partial charge in [0.2, 0.25) is 5.91 Å². The number of hydrogen-bond donors (Lipinski definition) is 1. The maximum absolute atomic E-state index is 13.1. The Morgan fingerprint density at radius 2 is 1.68 bits per heavy atom. The fraction of sp³-hybridized carbons (Fsp3) is 0.391. The number of carbonyl (C=O) groups excluding carboxylic acids is 2. The van der Waals surface area contributed by atoms with Crippen LogP contribution in [0.1, 0.15) is 21.5 Å². The van der Waals surface area contributed by atoms with Crippen LogP contribution in [-0.2, 0) is 4.79 Å². The molecule has 0 saturated carbocycles. The molecule has 0 spiro atoms. The number of nitrogens with one attached hydrogen (secondary N) is 1. The number of amides is 2. The zero-order chi connectivity index (χ0) is 22.5. The third kappa shape index (κ3) is 5.37. The van der Waals surface area contributed by atoms with Gasteiger partial charge in [-0.1, -0.05) is 18.2 Å². The van der Waals surface area contributed by atoms with Crippen molar-refractivity contribution >= 4 is 33.4 Å². The van der Waals surface area contributed by atoms with Crippen molar-refractivity contribution in [1.29, 1.82) is 0 Å². The molecule has 0 atom stereocenters. The number of para-hydroxylation sites is 1. The van der Waals surface area contributed by atoms with Crippen molar-refractivity contribution in [2.45, 2.75) is 13.8 Å². The average Bonchev–Trinajstić information content (AvgIpc) is 2.75. The third-order valence-corrected chi connectivity index (χ3v) is 6.05. The lowest BCUT2D eigenvalue weighted by Crippen LogP contribution is -2.50. The Kier molecular flexibility index (Phi) is 7.56. The van der Waals surface area contributed by atoms with Gasteiger partial charge in [0.05, 0.1) is 30.8 Å². The molecule has 1 aliphatic rings. The van der Waals surface area contributed by atoms with Gasteiger partial charge in [-0.2, -0.15) is 0 Å². The molecule has 3 rings (SSSR count). The van der Waals surface area contributed by atoms with Crippen LogP contribution in [0.15, 0.2) is 34.8 Å². The number of halogens is 1. The predicted octanol–water partition coefficient (Wildman–Crippen LogP) is 3.48. The Morgan fingerprint density at radius 1 is 1.03 bits per heavy atom. The second kappa shape index (κ2) is 10.2. The summed E-state index contributed by atoms with van der Waals surface area (Å²) < 4.78 is 11.4. The van der Waals surface area contributed by atoms with Crippen LogP contribution < -0.4 is 14.8 Å². The van der Waals surface area contributed by atoms with E-state index in [9.17, 15) is 9.59 Å². The highest BCUT2D eigenvalue weighted by atomic mass is 79.9. The maximum Gasteiger partial charge on any atom is 0.257 e. The monoisotopic (exact) mass is 489 g/mol. The van der Waals surface area contributed by atoms with Gasteiger partial charge in [-0.25, -0.2) is 0 Å². The first-order chi connectivity index (χ1) is 14.8. The molecule has 0 unspecified atom stereocenters. The zero-order valence-electron chi connectivity index (χ0n) is 18.3. The van der Waals surface area contributed by atoms with Crippen LogP contribution in [-0.4, -0.2) is 68.6 Å². The van der Waals surface area contributed by atoms with Crippen LogP contribution >= 0.6 is 15.9 Å². The third-order valence-electron chi connectivity index (χ3n) is 5.46. The van der Waals surface area contributed by atoms with Gasteiger partial charge in [-0.05, 0) is 53.0 Å². The molecule has 2 amide bonds. The predicted molar refractivity (Wildman–Crippen MR) is 124 cm³/mol. The van der Waals surface area contributed by atoms with Gasteiger partial charge in [0.15, 0.2) is 0 Å². The maximum atomic E-state index is 13.1. The first-order valence-corrected chi connectivity index (χ1v) is 10.9. The number of anilines is 1. The molecule has 2 aromatic carbocycles. The summed E-state index contributed by atoms with van der Waals surface area (Å²) in [6.45, 7) is 6.58. The molecular formula is C23H28BrN3O4. The molecule has 166 valence electrons. The molecule has 2 aromatic rings. The van der Waals surface area contributed by atoms with Crippen molar-refractivity contribution in [2.24, 2.45) is 0 Å².